The minimum Gasteiger partial charge on any atom is -0.494 e. The van der Waals surface area contributed by atoms with Gasteiger partial charge in [0, 0.05) is 38.1 Å². The van der Waals surface area contributed by atoms with Crippen LogP contribution in [-0.4, -0.2) is 30.6 Å². The van der Waals surface area contributed by atoms with Crippen LogP contribution in [0, 0.1) is 0 Å². The van der Waals surface area contributed by atoms with E-state index in [9.17, 15) is 0 Å². The molecule has 1 heterocycles. The van der Waals surface area contributed by atoms with Gasteiger partial charge in [0.2, 0.25) is 0 Å². The van der Waals surface area contributed by atoms with Crippen molar-refractivity contribution < 1.29 is 4.74 Å². The Kier molecular flexibility index (Phi) is 7.17. The fourth-order valence-electron chi connectivity index (χ4n) is 4.41. The molecule has 1 aliphatic heterocycles. The van der Waals surface area contributed by atoms with Crippen LogP contribution >= 0.6 is 0 Å². The Bertz CT molecular complexity index is 880. The van der Waals surface area contributed by atoms with Crippen LogP contribution in [0.5, 0.6) is 5.75 Å². The highest BCUT2D eigenvalue weighted by Gasteiger charge is 2.30. The highest BCUT2D eigenvalue weighted by Crippen LogP contribution is 2.30. The van der Waals surface area contributed by atoms with Crippen molar-refractivity contribution in [3.8, 4) is 5.75 Å². The van der Waals surface area contributed by atoms with Gasteiger partial charge in [-0.05, 0) is 42.2 Å². The number of rotatable bonds is 8. The van der Waals surface area contributed by atoms with Crippen LogP contribution in [-0.2, 0) is 13.1 Å². The number of likely N-dealkylation sites (tertiary alicyclic amines) is 1. The van der Waals surface area contributed by atoms with E-state index >= 15 is 0 Å². The van der Waals surface area contributed by atoms with Gasteiger partial charge < -0.3 is 10.1 Å². The molecule has 2 unspecified atom stereocenters. The Morgan fingerprint density at radius 1 is 0.867 bits per heavy atom. The lowest BCUT2D eigenvalue weighted by molar-refractivity contribution is 0.166. The standard InChI is InChI=1S/C27H32N2O/c1-2-30-25-15-13-24(14-16-25)26-21-29(20-23-11-7-4-8-12-23)18-17-27(26)28-19-22-9-5-3-6-10-22/h3-16,26-28H,2,17-21H2,1H3. The van der Waals surface area contributed by atoms with Gasteiger partial charge in [0.05, 0.1) is 6.61 Å². The van der Waals surface area contributed by atoms with Gasteiger partial charge in [0.25, 0.3) is 0 Å². The third-order valence-electron chi connectivity index (χ3n) is 5.98. The molecular formula is C27H32N2O. The van der Waals surface area contributed by atoms with E-state index < -0.39 is 0 Å². The molecule has 0 amide bonds. The molecule has 0 spiro atoms. The highest BCUT2D eigenvalue weighted by atomic mass is 16.5. The van der Waals surface area contributed by atoms with Crippen molar-refractivity contribution in [3.05, 3.63) is 102 Å². The first-order valence-electron chi connectivity index (χ1n) is 11.1. The van der Waals surface area contributed by atoms with Gasteiger partial charge in [-0.25, -0.2) is 0 Å². The van der Waals surface area contributed by atoms with E-state index in [1.54, 1.807) is 0 Å². The van der Waals surface area contributed by atoms with Crippen molar-refractivity contribution in [3.63, 3.8) is 0 Å². The van der Waals surface area contributed by atoms with Crippen LogP contribution in [0.3, 0.4) is 0 Å². The molecule has 0 saturated carbocycles. The summed E-state index contributed by atoms with van der Waals surface area (Å²) in [6.45, 7) is 6.84. The van der Waals surface area contributed by atoms with E-state index in [1.807, 2.05) is 6.92 Å². The van der Waals surface area contributed by atoms with Crippen molar-refractivity contribution in [2.75, 3.05) is 19.7 Å². The molecular weight excluding hydrogens is 368 g/mol. The Labute approximate surface area is 180 Å². The molecule has 0 radical (unpaired) electrons. The number of nitrogens with one attached hydrogen (secondary N) is 1. The summed E-state index contributed by atoms with van der Waals surface area (Å²) < 4.78 is 5.65. The first-order chi connectivity index (χ1) is 14.8. The highest BCUT2D eigenvalue weighted by molar-refractivity contribution is 5.31. The maximum Gasteiger partial charge on any atom is 0.119 e. The summed E-state index contributed by atoms with van der Waals surface area (Å²) in [5, 5.41) is 3.85. The van der Waals surface area contributed by atoms with E-state index in [4.69, 9.17) is 4.74 Å². The molecule has 3 nitrogen and oxygen atoms in total. The van der Waals surface area contributed by atoms with Gasteiger partial charge in [-0.2, -0.15) is 0 Å². The lowest BCUT2D eigenvalue weighted by Gasteiger charge is -2.39. The Morgan fingerprint density at radius 2 is 1.53 bits per heavy atom. The summed E-state index contributed by atoms with van der Waals surface area (Å²) >= 11 is 0. The summed E-state index contributed by atoms with van der Waals surface area (Å²) in [7, 11) is 0. The average Bonchev–Trinajstić information content (AvgIpc) is 2.80. The van der Waals surface area contributed by atoms with Crippen LogP contribution in [0.2, 0.25) is 0 Å². The van der Waals surface area contributed by atoms with Crippen LogP contribution in [0.15, 0.2) is 84.9 Å². The Balaban J connectivity index is 1.48. The predicted molar refractivity (Wildman–Crippen MR) is 124 cm³/mol. The van der Waals surface area contributed by atoms with Crippen molar-refractivity contribution in [2.45, 2.75) is 38.4 Å². The Hall–Kier alpha value is -2.62. The number of piperidine rings is 1. The quantitative estimate of drug-likeness (QED) is 0.560. The van der Waals surface area contributed by atoms with Crippen LogP contribution in [0.1, 0.15) is 36.0 Å². The average molecular weight is 401 g/mol. The molecule has 2 atom stereocenters. The minimum atomic E-state index is 0.460. The molecule has 1 aliphatic rings. The van der Waals surface area contributed by atoms with Gasteiger partial charge in [0.15, 0.2) is 0 Å². The molecule has 1 fully saturated rings. The van der Waals surface area contributed by atoms with Crippen molar-refractivity contribution in [2.24, 2.45) is 0 Å². The minimum absolute atomic E-state index is 0.460. The van der Waals surface area contributed by atoms with Gasteiger partial charge >= 0.3 is 0 Å². The van der Waals surface area contributed by atoms with Gasteiger partial charge in [-0.3, -0.25) is 4.90 Å². The number of hydrogen-bond donors (Lipinski definition) is 1. The van der Waals surface area contributed by atoms with Gasteiger partial charge in [-0.1, -0.05) is 72.8 Å². The first-order valence-corrected chi connectivity index (χ1v) is 11.1. The first kappa shape index (κ1) is 20.6. The summed E-state index contributed by atoms with van der Waals surface area (Å²) in [4.78, 5) is 2.59. The molecule has 3 aromatic rings. The summed E-state index contributed by atoms with van der Waals surface area (Å²) in [5.41, 5.74) is 4.12. The van der Waals surface area contributed by atoms with E-state index in [-0.39, 0.29) is 0 Å². The van der Waals surface area contributed by atoms with E-state index in [0.29, 0.717) is 18.6 Å². The summed E-state index contributed by atoms with van der Waals surface area (Å²) in [6, 6.07) is 30.7. The summed E-state index contributed by atoms with van der Waals surface area (Å²) in [5.74, 6) is 1.41. The molecule has 4 rings (SSSR count). The third kappa shape index (κ3) is 5.50. The van der Waals surface area contributed by atoms with Crippen LogP contribution in [0.25, 0.3) is 0 Å². The normalized spacial score (nSPS) is 19.5. The number of benzene rings is 3. The van der Waals surface area contributed by atoms with Crippen LogP contribution in [0.4, 0.5) is 0 Å². The predicted octanol–water partition coefficient (Wildman–Crippen LogP) is 5.23. The maximum absolute atomic E-state index is 5.65. The van der Waals surface area contributed by atoms with Crippen molar-refractivity contribution >= 4 is 0 Å². The van der Waals surface area contributed by atoms with Crippen molar-refractivity contribution in [1.82, 2.24) is 10.2 Å². The maximum atomic E-state index is 5.65. The van der Waals surface area contributed by atoms with E-state index in [0.717, 1.165) is 38.3 Å². The lowest BCUT2D eigenvalue weighted by Crippen LogP contribution is -2.47. The second-order valence-corrected chi connectivity index (χ2v) is 8.09. The fraction of sp³-hybridized carbons (Fsp3) is 0.333. The summed E-state index contributed by atoms with van der Waals surface area (Å²) in [6.07, 6.45) is 1.15. The number of ether oxygens (including phenoxy) is 1. The molecule has 1 N–H and O–H groups in total. The van der Waals surface area contributed by atoms with Gasteiger partial charge in [0.1, 0.15) is 5.75 Å². The molecule has 3 heteroatoms. The lowest BCUT2D eigenvalue weighted by atomic mass is 9.85. The zero-order chi connectivity index (χ0) is 20.6. The molecule has 156 valence electrons. The van der Waals surface area contributed by atoms with E-state index in [2.05, 4.69) is 95.1 Å². The molecule has 30 heavy (non-hydrogen) atoms. The molecule has 0 bridgehead atoms. The largest absolute Gasteiger partial charge is 0.494 e. The number of nitrogens with zero attached hydrogens (tertiary/aromatic N) is 1. The zero-order valence-electron chi connectivity index (χ0n) is 17.8. The topological polar surface area (TPSA) is 24.5 Å². The molecule has 0 aliphatic carbocycles. The zero-order valence-corrected chi connectivity index (χ0v) is 17.8. The SMILES string of the molecule is CCOc1ccc(C2CN(Cc3ccccc3)CCC2NCc2ccccc2)cc1. The molecule has 1 saturated heterocycles. The van der Waals surface area contributed by atoms with Crippen LogP contribution < -0.4 is 10.1 Å². The number of hydrogen-bond acceptors (Lipinski definition) is 3. The monoisotopic (exact) mass is 400 g/mol. The second-order valence-electron chi connectivity index (χ2n) is 8.09. The second kappa shape index (κ2) is 10.4. The fourth-order valence-corrected chi connectivity index (χ4v) is 4.41. The van der Waals surface area contributed by atoms with Gasteiger partial charge in [-0.15, -0.1) is 0 Å². The molecule has 0 aromatic heterocycles. The molecule has 3 aromatic carbocycles. The van der Waals surface area contributed by atoms with E-state index in [1.165, 1.54) is 16.7 Å². The smallest absolute Gasteiger partial charge is 0.119 e. The van der Waals surface area contributed by atoms with Crippen molar-refractivity contribution in [1.29, 1.82) is 0 Å². The Morgan fingerprint density at radius 3 is 2.20 bits per heavy atom. The third-order valence-corrected chi connectivity index (χ3v) is 5.98.